The maximum atomic E-state index is 12.3. The summed E-state index contributed by atoms with van der Waals surface area (Å²) in [6, 6.07) is 11.1. The Morgan fingerprint density at radius 3 is 2.90 bits per heavy atom. The number of benzene rings is 1. The van der Waals surface area contributed by atoms with Gasteiger partial charge in [-0.05, 0) is 30.3 Å². The molecule has 0 unspecified atom stereocenters. The highest BCUT2D eigenvalue weighted by Gasteiger charge is 2.17. The summed E-state index contributed by atoms with van der Waals surface area (Å²) in [7, 11) is 0. The number of nitrogens with zero attached hydrogens (tertiary/aromatic N) is 1. The van der Waals surface area contributed by atoms with E-state index in [0.29, 0.717) is 21.8 Å². The summed E-state index contributed by atoms with van der Waals surface area (Å²) >= 11 is 4.71. The average Bonchev–Trinajstić information content (AvgIpc) is 2.77. The topological polar surface area (TPSA) is 68.0 Å². The second-order valence-corrected chi connectivity index (χ2v) is 6.13. The number of nitrogens with one attached hydrogen (secondary N) is 1. The van der Waals surface area contributed by atoms with Gasteiger partial charge in [-0.2, -0.15) is 0 Å². The fraction of sp³-hybridized carbons (Fsp3) is 0. The van der Waals surface area contributed by atoms with Gasteiger partial charge in [0.05, 0.1) is 10.4 Å². The molecule has 2 aromatic heterocycles. The predicted molar refractivity (Wildman–Crippen MR) is 86.1 cm³/mol. The van der Waals surface area contributed by atoms with E-state index in [2.05, 4.69) is 26.2 Å². The summed E-state index contributed by atoms with van der Waals surface area (Å²) in [5.41, 5.74) is 7.82. The van der Waals surface area contributed by atoms with Crippen LogP contribution in [0.4, 0.5) is 11.4 Å². The van der Waals surface area contributed by atoms with Gasteiger partial charge >= 0.3 is 0 Å². The van der Waals surface area contributed by atoms with Crippen molar-refractivity contribution < 1.29 is 4.79 Å². The molecule has 0 aliphatic rings. The molecule has 1 aromatic carbocycles. The van der Waals surface area contributed by atoms with Gasteiger partial charge in [-0.25, -0.2) is 0 Å². The van der Waals surface area contributed by atoms with Crippen molar-refractivity contribution >= 4 is 54.8 Å². The number of carbonyl (C=O) groups is 1. The highest BCUT2D eigenvalue weighted by atomic mass is 79.9. The molecule has 0 fully saturated rings. The van der Waals surface area contributed by atoms with E-state index in [1.54, 1.807) is 6.20 Å². The zero-order valence-electron chi connectivity index (χ0n) is 10.3. The monoisotopic (exact) mass is 347 g/mol. The van der Waals surface area contributed by atoms with Crippen molar-refractivity contribution in [2.75, 3.05) is 11.1 Å². The number of hydrogen-bond acceptors (Lipinski definition) is 4. The lowest BCUT2D eigenvalue weighted by molar-refractivity contribution is 0.103. The van der Waals surface area contributed by atoms with E-state index in [0.717, 1.165) is 9.17 Å². The molecule has 0 saturated heterocycles. The Balaban J connectivity index is 1.95. The lowest BCUT2D eigenvalue weighted by Gasteiger charge is -2.04. The molecule has 3 N–H and O–H groups in total. The third-order valence-corrected chi connectivity index (χ3v) is 4.42. The third-order valence-electron chi connectivity index (χ3n) is 2.77. The van der Waals surface area contributed by atoms with Crippen molar-refractivity contribution in [2.45, 2.75) is 0 Å². The number of carbonyl (C=O) groups excluding carboxylic acids is 1. The number of hydrogen-bond donors (Lipinski definition) is 2. The largest absolute Gasteiger partial charge is 0.396 e. The van der Waals surface area contributed by atoms with Gasteiger partial charge in [-0.1, -0.05) is 22.0 Å². The first-order valence-electron chi connectivity index (χ1n) is 5.85. The van der Waals surface area contributed by atoms with Crippen LogP contribution < -0.4 is 11.1 Å². The Morgan fingerprint density at radius 2 is 2.15 bits per heavy atom. The Morgan fingerprint density at radius 1 is 1.30 bits per heavy atom. The zero-order chi connectivity index (χ0) is 14.1. The number of nitrogens with two attached hydrogens (primary N) is 1. The Hall–Kier alpha value is -1.92. The molecule has 0 aliphatic carbocycles. The molecule has 0 bridgehead atoms. The van der Waals surface area contributed by atoms with Crippen LogP contribution in [0.2, 0.25) is 0 Å². The van der Waals surface area contributed by atoms with Crippen molar-refractivity contribution in [1.82, 2.24) is 4.98 Å². The normalized spacial score (nSPS) is 10.7. The first-order chi connectivity index (χ1) is 9.65. The molecule has 0 spiro atoms. The Kier molecular flexibility index (Phi) is 3.42. The Bertz CT molecular complexity index is 800. The molecule has 4 nitrogen and oxygen atoms in total. The number of amides is 1. The minimum atomic E-state index is -0.219. The number of rotatable bonds is 2. The summed E-state index contributed by atoms with van der Waals surface area (Å²) < 4.78 is 1.81. The smallest absolute Gasteiger partial charge is 0.267 e. The third kappa shape index (κ3) is 2.39. The number of thiophene rings is 1. The van der Waals surface area contributed by atoms with Crippen LogP contribution in [-0.2, 0) is 0 Å². The van der Waals surface area contributed by atoms with E-state index in [-0.39, 0.29) is 5.91 Å². The molecule has 2 heterocycles. The van der Waals surface area contributed by atoms with Gasteiger partial charge in [-0.3, -0.25) is 9.78 Å². The van der Waals surface area contributed by atoms with Gasteiger partial charge in [0.25, 0.3) is 5.91 Å². The average molecular weight is 348 g/mol. The van der Waals surface area contributed by atoms with Crippen LogP contribution in [0.3, 0.4) is 0 Å². The predicted octanol–water partition coefficient (Wildman–Crippen LogP) is 3.89. The van der Waals surface area contributed by atoms with Crippen LogP contribution in [-0.4, -0.2) is 10.9 Å². The fourth-order valence-corrected chi connectivity index (χ4v) is 3.25. The number of halogens is 1. The molecule has 0 atom stereocenters. The number of nitrogen functional groups attached to an aromatic ring is 1. The Labute approximate surface area is 127 Å². The van der Waals surface area contributed by atoms with E-state index < -0.39 is 0 Å². The van der Waals surface area contributed by atoms with Crippen LogP contribution in [0.25, 0.3) is 10.2 Å². The maximum absolute atomic E-state index is 12.3. The van der Waals surface area contributed by atoms with Gasteiger partial charge < -0.3 is 11.1 Å². The highest BCUT2D eigenvalue weighted by molar-refractivity contribution is 9.10. The lowest BCUT2D eigenvalue weighted by atomic mass is 10.3. The molecule has 3 aromatic rings. The number of aromatic nitrogens is 1. The van der Waals surface area contributed by atoms with Crippen molar-refractivity contribution in [3.63, 3.8) is 0 Å². The SMILES string of the molecule is Nc1c(C(=O)Nc2cccc(Br)c2)sc2cccnc12. The van der Waals surface area contributed by atoms with Crippen LogP contribution in [0.15, 0.2) is 47.1 Å². The standard InChI is InChI=1S/C14H10BrN3OS/c15-8-3-1-4-9(7-8)18-14(19)13-11(16)12-10(20-13)5-2-6-17-12/h1-7H,16H2,(H,18,19). The van der Waals surface area contributed by atoms with Crippen LogP contribution in [0, 0.1) is 0 Å². The van der Waals surface area contributed by atoms with E-state index in [1.807, 2.05) is 36.4 Å². The summed E-state index contributed by atoms with van der Waals surface area (Å²) in [4.78, 5) is 17.0. The van der Waals surface area contributed by atoms with Crippen molar-refractivity contribution in [2.24, 2.45) is 0 Å². The second-order valence-electron chi connectivity index (χ2n) is 4.16. The summed E-state index contributed by atoms with van der Waals surface area (Å²) in [6.07, 6.45) is 1.67. The van der Waals surface area contributed by atoms with Crippen molar-refractivity contribution in [3.8, 4) is 0 Å². The van der Waals surface area contributed by atoms with E-state index in [9.17, 15) is 4.79 Å². The van der Waals surface area contributed by atoms with Crippen molar-refractivity contribution in [3.05, 3.63) is 51.9 Å². The zero-order valence-corrected chi connectivity index (χ0v) is 12.7. The van der Waals surface area contributed by atoms with Gasteiger partial charge in [0.2, 0.25) is 0 Å². The molecule has 0 aliphatic heterocycles. The fourth-order valence-electron chi connectivity index (χ4n) is 1.87. The van der Waals surface area contributed by atoms with Crippen LogP contribution in [0.1, 0.15) is 9.67 Å². The molecular formula is C14H10BrN3OS. The molecule has 100 valence electrons. The van der Waals surface area contributed by atoms with E-state index in [1.165, 1.54) is 11.3 Å². The van der Waals surface area contributed by atoms with E-state index >= 15 is 0 Å². The van der Waals surface area contributed by atoms with Gasteiger partial charge in [0.15, 0.2) is 0 Å². The van der Waals surface area contributed by atoms with Gasteiger partial charge in [0.1, 0.15) is 10.4 Å². The summed E-state index contributed by atoms with van der Waals surface area (Å²) in [5, 5.41) is 2.83. The van der Waals surface area contributed by atoms with Crippen molar-refractivity contribution in [1.29, 1.82) is 0 Å². The molecule has 20 heavy (non-hydrogen) atoms. The number of anilines is 2. The molecule has 0 radical (unpaired) electrons. The minimum Gasteiger partial charge on any atom is -0.396 e. The second kappa shape index (κ2) is 5.22. The van der Waals surface area contributed by atoms with Gasteiger partial charge in [-0.15, -0.1) is 11.3 Å². The first-order valence-corrected chi connectivity index (χ1v) is 7.46. The van der Waals surface area contributed by atoms with E-state index in [4.69, 9.17) is 5.73 Å². The molecule has 1 amide bonds. The minimum absolute atomic E-state index is 0.219. The summed E-state index contributed by atoms with van der Waals surface area (Å²) in [6.45, 7) is 0. The molecule has 3 rings (SSSR count). The molecular weight excluding hydrogens is 338 g/mol. The lowest BCUT2D eigenvalue weighted by Crippen LogP contribution is -2.11. The molecule has 0 saturated carbocycles. The first kappa shape index (κ1) is 13.1. The maximum Gasteiger partial charge on any atom is 0.267 e. The number of fused-ring (bicyclic) bond motifs is 1. The van der Waals surface area contributed by atoms with Gasteiger partial charge in [0, 0.05) is 16.4 Å². The summed E-state index contributed by atoms with van der Waals surface area (Å²) in [5.74, 6) is -0.219. The highest BCUT2D eigenvalue weighted by Crippen LogP contribution is 2.32. The number of pyridine rings is 1. The van der Waals surface area contributed by atoms with Crippen LogP contribution in [0.5, 0.6) is 0 Å². The van der Waals surface area contributed by atoms with Crippen LogP contribution >= 0.6 is 27.3 Å². The quantitative estimate of drug-likeness (QED) is 0.738. The molecule has 6 heteroatoms.